The number of hydrogen-bond donors (Lipinski definition) is 1. The van der Waals surface area contributed by atoms with Crippen LogP contribution >= 0.6 is 0 Å². The van der Waals surface area contributed by atoms with Crippen molar-refractivity contribution in [3.05, 3.63) is 29.8 Å². The van der Waals surface area contributed by atoms with E-state index in [-0.39, 0.29) is 6.61 Å². The molecule has 0 atom stereocenters. The maximum Gasteiger partial charge on any atom is 0.119 e. The van der Waals surface area contributed by atoms with Gasteiger partial charge < -0.3 is 14.6 Å². The van der Waals surface area contributed by atoms with Crippen LogP contribution in [0.25, 0.3) is 0 Å². The van der Waals surface area contributed by atoms with E-state index in [9.17, 15) is 0 Å². The Balaban J connectivity index is 2.26. The number of hydrogen-bond acceptors (Lipinski definition) is 4. The fourth-order valence-corrected chi connectivity index (χ4v) is 1.62. The number of aryl methyl sites for hydroxylation is 1. The zero-order chi connectivity index (χ0) is 13.2. The van der Waals surface area contributed by atoms with E-state index in [0.717, 1.165) is 18.8 Å². The normalized spacial score (nSPS) is 10.9. The van der Waals surface area contributed by atoms with Gasteiger partial charge in [-0.2, -0.15) is 0 Å². The summed E-state index contributed by atoms with van der Waals surface area (Å²) in [6.07, 6.45) is 0. The summed E-state index contributed by atoms with van der Waals surface area (Å²) in [5.41, 5.74) is 1.23. The van der Waals surface area contributed by atoms with Crippen LogP contribution in [0.15, 0.2) is 24.3 Å². The molecule has 102 valence electrons. The topological polar surface area (TPSA) is 41.9 Å². The van der Waals surface area contributed by atoms with Crippen molar-refractivity contribution in [3.63, 3.8) is 0 Å². The van der Waals surface area contributed by atoms with Crippen molar-refractivity contribution in [1.29, 1.82) is 0 Å². The molecule has 0 bridgehead atoms. The quantitative estimate of drug-likeness (QED) is 0.720. The van der Waals surface area contributed by atoms with E-state index in [1.807, 2.05) is 24.3 Å². The summed E-state index contributed by atoms with van der Waals surface area (Å²) in [7, 11) is 1.68. The van der Waals surface area contributed by atoms with Gasteiger partial charge in [0.2, 0.25) is 0 Å². The molecule has 0 heterocycles. The lowest BCUT2D eigenvalue weighted by Gasteiger charge is -2.20. The van der Waals surface area contributed by atoms with Crippen LogP contribution in [0.3, 0.4) is 0 Å². The van der Waals surface area contributed by atoms with Gasteiger partial charge in [0.15, 0.2) is 0 Å². The molecule has 0 aliphatic rings. The number of benzene rings is 1. The average Bonchev–Trinajstić information content (AvgIpc) is 2.38. The molecule has 0 spiro atoms. The Kier molecular flexibility index (Phi) is 7.41. The van der Waals surface area contributed by atoms with Gasteiger partial charge in [-0.05, 0) is 19.1 Å². The largest absolute Gasteiger partial charge is 0.492 e. The lowest BCUT2D eigenvalue weighted by molar-refractivity contribution is 0.118. The van der Waals surface area contributed by atoms with Crippen molar-refractivity contribution in [1.82, 2.24) is 4.90 Å². The summed E-state index contributed by atoms with van der Waals surface area (Å²) in [6, 6.07) is 8.01. The van der Waals surface area contributed by atoms with Crippen LogP contribution in [0, 0.1) is 6.92 Å². The highest BCUT2D eigenvalue weighted by atomic mass is 16.5. The molecular formula is C14H23NO3. The maximum atomic E-state index is 8.96. The van der Waals surface area contributed by atoms with E-state index in [4.69, 9.17) is 14.6 Å². The van der Waals surface area contributed by atoms with Crippen LogP contribution in [0.1, 0.15) is 5.56 Å². The van der Waals surface area contributed by atoms with Gasteiger partial charge in [0.1, 0.15) is 12.4 Å². The van der Waals surface area contributed by atoms with Gasteiger partial charge in [-0.3, -0.25) is 4.90 Å². The SMILES string of the molecule is COCCN(CCO)CCOc1ccc(C)cc1. The third kappa shape index (κ3) is 6.00. The molecule has 0 aliphatic heterocycles. The van der Waals surface area contributed by atoms with Crippen molar-refractivity contribution in [2.24, 2.45) is 0 Å². The van der Waals surface area contributed by atoms with E-state index in [1.54, 1.807) is 7.11 Å². The predicted molar refractivity (Wildman–Crippen MR) is 72.1 cm³/mol. The second-order valence-electron chi connectivity index (χ2n) is 4.22. The van der Waals surface area contributed by atoms with Crippen molar-refractivity contribution < 1.29 is 14.6 Å². The fourth-order valence-electron chi connectivity index (χ4n) is 1.62. The summed E-state index contributed by atoms with van der Waals surface area (Å²) in [5.74, 6) is 0.885. The van der Waals surface area contributed by atoms with Gasteiger partial charge in [0.25, 0.3) is 0 Å². The predicted octanol–water partition coefficient (Wildman–Crippen LogP) is 1.31. The van der Waals surface area contributed by atoms with Gasteiger partial charge >= 0.3 is 0 Å². The van der Waals surface area contributed by atoms with E-state index in [2.05, 4.69) is 11.8 Å². The molecule has 0 fully saturated rings. The molecule has 1 N–H and O–H groups in total. The van der Waals surface area contributed by atoms with Crippen LogP contribution in [0.2, 0.25) is 0 Å². The molecule has 4 heteroatoms. The minimum absolute atomic E-state index is 0.161. The smallest absolute Gasteiger partial charge is 0.119 e. The molecule has 0 unspecified atom stereocenters. The molecule has 18 heavy (non-hydrogen) atoms. The van der Waals surface area contributed by atoms with Crippen molar-refractivity contribution in [3.8, 4) is 5.75 Å². The zero-order valence-corrected chi connectivity index (χ0v) is 11.3. The fraction of sp³-hybridized carbons (Fsp3) is 0.571. The average molecular weight is 253 g/mol. The van der Waals surface area contributed by atoms with E-state index in [1.165, 1.54) is 5.56 Å². The Morgan fingerprint density at radius 1 is 1.06 bits per heavy atom. The molecule has 0 aliphatic carbocycles. The number of aliphatic hydroxyl groups excluding tert-OH is 1. The Morgan fingerprint density at radius 3 is 2.33 bits per heavy atom. The summed E-state index contributed by atoms with van der Waals surface area (Å²) >= 11 is 0. The molecule has 1 rings (SSSR count). The number of ether oxygens (including phenoxy) is 2. The van der Waals surface area contributed by atoms with Crippen LogP contribution in [0.5, 0.6) is 5.75 Å². The Hall–Kier alpha value is -1.10. The molecule has 4 nitrogen and oxygen atoms in total. The van der Waals surface area contributed by atoms with E-state index in [0.29, 0.717) is 19.8 Å². The Morgan fingerprint density at radius 2 is 1.72 bits per heavy atom. The van der Waals surface area contributed by atoms with Crippen LogP contribution in [-0.4, -0.2) is 56.6 Å². The molecule has 0 radical (unpaired) electrons. The Bertz CT molecular complexity index is 313. The number of rotatable bonds is 9. The van der Waals surface area contributed by atoms with Crippen molar-refractivity contribution >= 4 is 0 Å². The number of methoxy groups -OCH3 is 1. The van der Waals surface area contributed by atoms with Gasteiger partial charge in [-0.25, -0.2) is 0 Å². The minimum atomic E-state index is 0.161. The zero-order valence-electron chi connectivity index (χ0n) is 11.3. The molecule has 1 aromatic carbocycles. The van der Waals surface area contributed by atoms with Crippen LogP contribution in [0.4, 0.5) is 0 Å². The molecule has 0 saturated heterocycles. The number of aliphatic hydroxyl groups is 1. The van der Waals surface area contributed by atoms with Gasteiger partial charge in [0.05, 0.1) is 13.2 Å². The van der Waals surface area contributed by atoms with Gasteiger partial charge in [0, 0.05) is 26.7 Å². The van der Waals surface area contributed by atoms with E-state index >= 15 is 0 Å². The van der Waals surface area contributed by atoms with Gasteiger partial charge in [-0.15, -0.1) is 0 Å². The van der Waals surface area contributed by atoms with Crippen LogP contribution in [-0.2, 0) is 4.74 Å². The summed E-state index contributed by atoms with van der Waals surface area (Å²) in [4.78, 5) is 2.12. The van der Waals surface area contributed by atoms with Crippen LogP contribution < -0.4 is 4.74 Å². The lowest BCUT2D eigenvalue weighted by atomic mass is 10.2. The molecule has 1 aromatic rings. The molecular weight excluding hydrogens is 230 g/mol. The second-order valence-corrected chi connectivity index (χ2v) is 4.22. The first-order valence-corrected chi connectivity index (χ1v) is 6.28. The molecule has 0 aromatic heterocycles. The first-order valence-electron chi connectivity index (χ1n) is 6.28. The summed E-state index contributed by atoms with van der Waals surface area (Å²) in [5, 5.41) is 8.96. The highest BCUT2D eigenvalue weighted by Crippen LogP contribution is 2.11. The third-order valence-electron chi connectivity index (χ3n) is 2.73. The highest BCUT2D eigenvalue weighted by molar-refractivity contribution is 5.26. The van der Waals surface area contributed by atoms with Gasteiger partial charge in [-0.1, -0.05) is 17.7 Å². The molecule has 0 saturated carbocycles. The number of nitrogens with zero attached hydrogens (tertiary/aromatic N) is 1. The highest BCUT2D eigenvalue weighted by Gasteiger charge is 2.04. The van der Waals surface area contributed by atoms with Crippen molar-refractivity contribution in [2.45, 2.75) is 6.92 Å². The maximum absolute atomic E-state index is 8.96. The summed E-state index contributed by atoms with van der Waals surface area (Å²) in [6.45, 7) is 5.76. The summed E-state index contributed by atoms with van der Waals surface area (Å²) < 4.78 is 10.7. The third-order valence-corrected chi connectivity index (χ3v) is 2.73. The monoisotopic (exact) mass is 253 g/mol. The van der Waals surface area contributed by atoms with E-state index < -0.39 is 0 Å². The molecule has 0 amide bonds. The second kappa shape index (κ2) is 8.91. The standard InChI is InChI=1S/C14H23NO3/c1-13-3-5-14(6-4-13)18-12-9-15(7-10-16)8-11-17-2/h3-6,16H,7-12H2,1-2H3. The first-order chi connectivity index (χ1) is 8.76. The Labute approximate surface area is 109 Å². The minimum Gasteiger partial charge on any atom is -0.492 e. The lowest BCUT2D eigenvalue weighted by Crippen LogP contribution is -2.33. The first kappa shape index (κ1) is 15.0. The van der Waals surface area contributed by atoms with Crippen molar-refractivity contribution in [2.75, 3.05) is 46.6 Å².